The van der Waals surface area contributed by atoms with E-state index in [1.165, 1.54) is 10.9 Å². The van der Waals surface area contributed by atoms with Crippen molar-refractivity contribution in [1.29, 1.82) is 0 Å². The molecule has 1 heterocycles. The molecule has 6 nitrogen and oxygen atoms in total. The Bertz CT molecular complexity index is 651. The monoisotopic (exact) mass is 261 g/mol. The second-order valence-electron chi connectivity index (χ2n) is 4.16. The van der Waals surface area contributed by atoms with Crippen LogP contribution in [-0.2, 0) is 4.79 Å². The molecule has 100 valence electrons. The van der Waals surface area contributed by atoms with Gasteiger partial charge in [-0.1, -0.05) is 12.1 Å². The first-order chi connectivity index (χ1) is 9.15. The van der Waals surface area contributed by atoms with Crippen LogP contribution >= 0.6 is 0 Å². The smallest absolute Gasteiger partial charge is 0.261 e. The van der Waals surface area contributed by atoms with Gasteiger partial charge < -0.3 is 10.4 Å². The number of amides is 1. The number of aliphatic hydroxyl groups is 1. The third-order valence-electron chi connectivity index (χ3n) is 2.90. The Morgan fingerprint density at radius 3 is 2.95 bits per heavy atom. The number of carbonyl (C=O) groups is 1. The number of aromatic nitrogens is 2. The fourth-order valence-corrected chi connectivity index (χ4v) is 1.81. The maximum absolute atomic E-state index is 12.2. The summed E-state index contributed by atoms with van der Waals surface area (Å²) in [4.78, 5) is 28.2. The van der Waals surface area contributed by atoms with Gasteiger partial charge in [0.05, 0.1) is 23.8 Å². The third-order valence-corrected chi connectivity index (χ3v) is 2.90. The van der Waals surface area contributed by atoms with Crippen LogP contribution in [0.25, 0.3) is 10.9 Å². The summed E-state index contributed by atoms with van der Waals surface area (Å²) in [6.45, 7) is 1.65. The summed E-state index contributed by atoms with van der Waals surface area (Å²) < 4.78 is 1.29. The molecule has 0 aliphatic rings. The first-order valence-electron chi connectivity index (χ1n) is 5.99. The van der Waals surface area contributed by atoms with Gasteiger partial charge in [-0.15, -0.1) is 0 Å². The minimum atomic E-state index is -0.670. The largest absolute Gasteiger partial charge is 0.395 e. The second kappa shape index (κ2) is 5.62. The summed E-state index contributed by atoms with van der Waals surface area (Å²) in [5.74, 6) is -0.326. The van der Waals surface area contributed by atoms with Gasteiger partial charge in [-0.2, -0.15) is 0 Å². The van der Waals surface area contributed by atoms with Gasteiger partial charge in [-0.3, -0.25) is 14.2 Å². The molecule has 6 heteroatoms. The molecule has 0 aliphatic heterocycles. The third kappa shape index (κ3) is 2.63. The van der Waals surface area contributed by atoms with Crippen molar-refractivity contribution in [2.45, 2.75) is 13.0 Å². The van der Waals surface area contributed by atoms with Gasteiger partial charge in [0.25, 0.3) is 5.56 Å². The van der Waals surface area contributed by atoms with Crippen molar-refractivity contribution in [1.82, 2.24) is 14.9 Å². The van der Waals surface area contributed by atoms with E-state index >= 15 is 0 Å². The number of para-hydroxylation sites is 1. The van der Waals surface area contributed by atoms with Crippen molar-refractivity contribution in [3.05, 3.63) is 40.9 Å². The summed E-state index contributed by atoms with van der Waals surface area (Å²) in [5.41, 5.74) is 0.351. The molecular weight excluding hydrogens is 246 g/mol. The zero-order valence-electron chi connectivity index (χ0n) is 10.5. The molecule has 1 aromatic heterocycles. The number of nitrogens with one attached hydrogen (secondary N) is 1. The van der Waals surface area contributed by atoms with Crippen LogP contribution in [0.2, 0.25) is 0 Å². The van der Waals surface area contributed by atoms with E-state index in [2.05, 4.69) is 10.3 Å². The SMILES string of the molecule is C[C@H](C(=O)NCCO)n1cnc2ccccc2c1=O. The molecule has 2 N–H and O–H groups in total. The van der Waals surface area contributed by atoms with Crippen molar-refractivity contribution in [2.24, 2.45) is 0 Å². The van der Waals surface area contributed by atoms with Crippen molar-refractivity contribution in [3.8, 4) is 0 Å². The molecule has 0 fully saturated rings. The fraction of sp³-hybridized carbons (Fsp3) is 0.308. The van der Waals surface area contributed by atoms with E-state index in [0.29, 0.717) is 10.9 Å². The van der Waals surface area contributed by atoms with Gasteiger partial charge in [0.1, 0.15) is 6.04 Å². The van der Waals surface area contributed by atoms with Crippen LogP contribution in [0.15, 0.2) is 35.4 Å². The van der Waals surface area contributed by atoms with Crippen LogP contribution in [-0.4, -0.2) is 33.7 Å². The van der Waals surface area contributed by atoms with E-state index in [0.717, 1.165) is 0 Å². The summed E-state index contributed by atoms with van der Waals surface area (Å²) in [6, 6.07) is 6.32. The summed E-state index contributed by atoms with van der Waals surface area (Å²) in [7, 11) is 0. The van der Waals surface area contributed by atoms with Crippen molar-refractivity contribution >= 4 is 16.8 Å². The molecule has 0 saturated carbocycles. The Hall–Kier alpha value is -2.21. The van der Waals surface area contributed by atoms with Crippen molar-refractivity contribution in [2.75, 3.05) is 13.2 Å². The minimum absolute atomic E-state index is 0.136. The highest BCUT2D eigenvalue weighted by Crippen LogP contribution is 2.08. The maximum Gasteiger partial charge on any atom is 0.261 e. The molecule has 0 bridgehead atoms. The van der Waals surface area contributed by atoms with Gasteiger partial charge in [0.2, 0.25) is 5.91 Å². The van der Waals surface area contributed by atoms with Crippen molar-refractivity contribution in [3.63, 3.8) is 0 Å². The number of aliphatic hydroxyl groups excluding tert-OH is 1. The second-order valence-corrected chi connectivity index (χ2v) is 4.16. The summed E-state index contributed by atoms with van der Waals surface area (Å²) >= 11 is 0. The van der Waals surface area contributed by atoms with E-state index in [4.69, 9.17) is 5.11 Å². The lowest BCUT2D eigenvalue weighted by Crippen LogP contribution is -2.37. The summed E-state index contributed by atoms with van der Waals surface area (Å²) in [5, 5.41) is 11.7. The standard InChI is InChI=1S/C13H15N3O3/c1-9(12(18)14-6-7-17)16-8-15-11-5-3-2-4-10(11)13(16)19/h2-5,8-9,17H,6-7H2,1H3,(H,14,18)/t9-/m1/s1. The predicted octanol–water partition coefficient (Wildman–Crippen LogP) is 0.0660. The highest BCUT2D eigenvalue weighted by molar-refractivity contribution is 5.81. The topological polar surface area (TPSA) is 84.2 Å². The van der Waals surface area contributed by atoms with E-state index in [-0.39, 0.29) is 24.6 Å². The predicted molar refractivity (Wildman–Crippen MR) is 70.8 cm³/mol. The number of rotatable bonds is 4. The average molecular weight is 261 g/mol. The minimum Gasteiger partial charge on any atom is -0.395 e. The lowest BCUT2D eigenvalue weighted by atomic mass is 10.2. The Morgan fingerprint density at radius 1 is 1.47 bits per heavy atom. The molecule has 2 aromatic rings. The molecule has 0 spiro atoms. The van der Waals surface area contributed by atoms with Gasteiger partial charge in [-0.05, 0) is 19.1 Å². The number of hydrogen-bond acceptors (Lipinski definition) is 4. The number of benzene rings is 1. The van der Waals surface area contributed by atoms with Crippen LogP contribution < -0.4 is 10.9 Å². The molecule has 2 rings (SSSR count). The van der Waals surface area contributed by atoms with E-state index in [1.54, 1.807) is 31.2 Å². The molecule has 0 unspecified atom stereocenters. The lowest BCUT2D eigenvalue weighted by Gasteiger charge is -2.14. The van der Waals surface area contributed by atoms with Gasteiger partial charge in [0, 0.05) is 6.54 Å². The van der Waals surface area contributed by atoms with Crippen LogP contribution in [0.3, 0.4) is 0 Å². The number of hydrogen-bond donors (Lipinski definition) is 2. The van der Waals surface area contributed by atoms with Crippen LogP contribution in [0.1, 0.15) is 13.0 Å². The Labute approximate surface area is 109 Å². The van der Waals surface area contributed by atoms with Crippen LogP contribution in [0.4, 0.5) is 0 Å². The quantitative estimate of drug-likeness (QED) is 0.815. The fourth-order valence-electron chi connectivity index (χ4n) is 1.81. The molecule has 1 amide bonds. The zero-order valence-corrected chi connectivity index (χ0v) is 10.5. The Balaban J connectivity index is 2.37. The first-order valence-corrected chi connectivity index (χ1v) is 5.99. The molecule has 0 radical (unpaired) electrons. The molecular formula is C13H15N3O3. The van der Waals surface area contributed by atoms with E-state index in [9.17, 15) is 9.59 Å². The van der Waals surface area contributed by atoms with E-state index in [1.807, 2.05) is 0 Å². The Morgan fingerprint density at radius 2 is 2.21 bits per heavy atom. The van der Waals surface area contributed by atoms with Gasteiger partial charge in [0.15, 0.2) is 0 Å². The van der Waals surface area contributed by atoms with Gasteiger partial charge >= 0.3 is 0 Å². The maximum atomic E-state index is 12.2. The molecule has 1 atom stereocenters. The zero-order chi connectivity index (χ0) is 13.8. The van der Waals surface area contributed by atoms with E-state index < -0.39 is 6.04 Å². The molecule has 0 aliphatic carbocycles. The van der Waals surface area contributed by atoms with Crippen LogP contribution in [0.5, 0.6) is 0 Å². The summed E-state index contributed by atoms with van der Waals surface area (Å²) in [6.07, 6.45) is 1.37. The molecule has 1 aromatic carbocycles. The average Bonchev–Trinajstić information content (AvgIpc) is 2.44. The van der Waals surface area contributed by atoms with Crippen LogP contribution in [0, 0.1) is 0 Å². The highest BCUT2D eigenvalue weighted by atomic mass is 16.3. The number of fused-ring (bicyclic) bond motifs is 1. The lowest BCUT2D eigenvalue weighted by molar-refractivity contribution is -0.124. The number of nitrogens with zero attached hydrogens (tertiary/aromatic N) is 2. The Kier molecular flexibility index (Phi) is 3.91. The highest BCUT2D eigenvalue weighted by Gasteiger charge is 2.16. The molecule has 19 heavy (non-hydrogen) atoms. The first kappa shape index (κ1) is 13.2. The van der Waals surface area contributed by atoms with Gasteiger partial charge in [-0.25, -0.2) is 4.98 Å². The normalized spacial score (nSPS) is 12.3. The molecule has 0 saturated heterocycles. The number of carbonyl (C=O) groups excluding carboxylic acids is 1. The van der Waals surface area contributed by atoms with Crippen molar-refractivity contribution < 1.29 is 9.90 Å².